The maximum absolute atomic E-state index is 14.1. The van der Waals surface area contributed by atoms with Crippen LogP contribution in [-0.2, 0) is 13.1 Å². The molecule has 1 unspecified atom stereocenters. The van der Waals surface area contributed by atoms with Gasteiger partial charge in [-0.2, -0.15) is 0 Å². The summed E-state index contributed by atoms with van der Waals surface area (Å²) in [5.41, 5.74) is 9.29. The minimum absolute atomic E-state index is 0.0538. The third kappa shape index (κ3) is 3.29. The lowest BCUT2D eigenvalue weighted by Gasteiger charge is -2.21. The highest BCUT2D eigenvalue weighted by atomic mass is 19.1. The van der Waals surface area contributed by atoms with Crippen molar-refractivity contribution in [2.24, 2.45) is 0 Å². The highest BCUT2D eigenvalue weighted by molar-refractivity contribution is 5.67. The Hall–Kier alpha value is -3.82. The lowest BCUT2D eigenvalue weighted by atomic mass is 10.0. The van der Waals surface area contributed by atoms with Crippen molar-refractivity contribution in [2.75, 3.05) is 12.4 Å². The highest BCUT2D eigenvalue weighted by Crippen LogP contribution is 2.36. The number of pyridine rings is 1. The molecule has 0 aliphatic carbocycles. The van der Waals surface area contributed by atoms with Crippen LogP contribution in [0.4, 0.5) is 14.6 Å². The first-order valence-electron chi connectivity index (χ1n) is 9.77. The fraction of sp³-hybridized carbons (Fsp3) is 0.238. The maximum atomic E-state index is 14.1. The van der Waals surface area contributed by atoms with Gasteiger partial charge in [0.25, 0.3) is 0 Å². The fourth-order valence-corrected chi connectivity index (χ4v) is 3.86. The zero-order chi connectivity index (χ0) is 21.5. The van der Waals surface area contributed by atoms with Gasteiger partial charge in [0.1, 0.15) is 30.1 Å². The van der Waals surface area contributed by atoms with Crippen LogP contribution in [0, 0.1) is 5.82 Å². The van der Waals surface area contributed by atoms with Gasteiger partial charge in [0.05, 0.1) is 18.8 Å². The molecule has 1 aliphatic heterocycles. The topological polar surface area (TPSA) is 96.7 Å². The van der Waals surface area contributed by atoms with Gasteiger partial charge in [-0.1, -0.05) is 5.21 Å². The first-order valence-corrected chi connectivity index (χ1v) is 9.77. The Morgan fingerprint density at radius 2 is 2.13 bits per heavy atom. The van der Waals surface area contributed by atoms with Gasteiger partial charge >= 0.3 is 0 Å². The van der Waals surface area contributed by atoms with Crippen molar-refractivity contribution in [3.8, 4) is 28.4 Å². The minimum atomic E-state index is -0.589. The van der Waals surface area contributed by atoms with Crippen LogP contribution in [0.15, 0.2) is 42.9 Å². The molecule has 10 heteroatoms. The summed E-state index contributed by atoms with van der Waals surface area (Å²) in [5, 5.41) is 8.41. The summed E-state index contributed by atoms with van der Waals surface area (Å²) < 4.78 is 36.8. The SMILES string of the molecule is CC1Oc2cc(cnc2N)-c2c(nnn2CCF)Cn2ccnc2-c2ccc(F)cc21. The second-order valence-corrected chi connectivity index (χ2v) is 7.27. The number of hydrogen-bond donors (Lipinski definition) is 1. The number of fused-ring (bicyclic) bond motifs is 7. The van der Waals surface area contributed by atoms with Crippen molar-refractivity contribution in [3.63, 3.8) is 0 Å². The van der Waals surface area contributed by atoms with E-state index in [1.807, 2.05) is 17.7 Å². The van der Waals surface area contributed by atoms with E-state index in [9.17, 15) is 8.78 Å². The third-order valence-electron chi connectivity index (χ3n) is 5.29. The Bertz CT molecular complexity index is 1270. The molecule has 1 atom stereocenters. The molecule has 1 aliphatic rings. The van der Waals surface area contributed by atoms with Crippen LogP contribution in [0.1, 0.15) is 24.3 Å². The van der Waals surface area contributed by atoms with Crippen molar-refractivity contribution < 1.29 is 13.5 Å². The van der Waals surface area contributed by atoms with Crippen LogP contribution >= 0.6 is 0 Å². The Morgan fingerprint density at radius 1 is 1.26 bits per heavy atom. The number of hydrogen-bond acceptors (Lipinski definition) is 6. The molecule has 1 aromatic carbocycles. The largest absolute Gasteiger partial charge is 0.482 e. The van der Waals surface area contributed by atoms with Gasteiger partial charge in [-0.15, -0.1) is 5.10 Å². The molecule has 0 fully saturated rings. The molecule has 8 nitrogen and oxygen atoms in total. The molecule has 0 spiro atoms. The van der Waals surface area contributed by atoms with Gasteiger partial charge in [0.15, 0.2) is 11.6 Å². The van der Waals surface area contributed by atoms with E-state index in [4.69, 9.17) is 10.5 Å². The quantitative estimate of drug-likeness (QED) is 0.531. The third-order valence-corrected chi connectivity index (χ3v) is 5.29. The van der Waals surface area contributed by atoms with E-state index in [1.165, 1.54) is 16.8 Å². The molecule has 2 bridgehead atoms. The molecule has 4 aromatic rings. The van der Waals surface area contributed by atoms with Crippen molar-refractivity contribution >= 4 is 5.82 Å². The Morgan fingerprint density at radius 3 is 2.97 bits per heavy atom. The first kappa shape index (κ1) is 19.2. The van der Waals surface area contributed by atoms with Gasteiger partial charge in [0.2, 0.25) is 0 Å². The van der Waals surface area contributed by atoms with Gasteiger partial charge in [0, 0.05) is 35.3 Å². The van der Waals surface area contributed by atoms with E-state index >= 15 is 0 Å². The number of imidazole rings is 1. The van der Waals surface area contributed by atoms with E-state index in [2.05, 4.69) is 20.3 Å². The molecule has 31 heavy (non-hydrogen) atoms. The summed E-state index contributed by atoms with van der Waals surface area (Å²) in [6, 6.07) is 6.22. The van der Waals surface area contributed by atoms with Crippen LogP contribution in [-0.4, -0.2) is 36.2 Å². The molecule has 4 heterocycles. The number of nitrogen functional groups attached to an aromatic ring is 1. The molecule has 3 aromatic heterocycles. The van der Waals surface area contributed by atoms with E-state index in [1.54, 1.807) is 24.5 Å². The molecular weight excluding hydrogens is 404 g/mol. The number of aryl methyl sites for hydroxylation is 1. The molecule has 0 amide bonds. The number of anilines is 1. The standard InChI is InChI=1S/C21H19F2N7O/c1-12-16-9-14(23)2-3-15(16)21-25-5-7-29(21)11-17-19(30(6-4-22)28-27-17)13-8-18(31-12)20(24)26-10-13/h2-3,5,7-10,12H,4,6,11H2,1H3,(H2,24,26). The van der Waals surface area contributed by atoms with Crippen molar-refractivity contribution in [2.45, 2.75) is 26.1 Å². The predicted octanol–water partition coefficient (Wildman–Crippen LogP) is 3.40. The van der Waals surface area contributed by atoms with Gasteiger partial charge in [-0.05, 0) is 31.2 Å². The van der Waals surface area contributed by atoms with Crippen LogP contribution in [0.25, 0.3) is 22.6 Å². The average molecular weight is 423 g/mol. The molecule has 0 saturated carbocycles. The maximum Gasteiger partial charge on any atom is 0.166 e. The van der Waals surface area contributed by atoms with E-state index in [0.717, 1.165) is 5.56 Å². The number of nitrogens with zero attached hydrogens (tertiary/aromatic N) is 6. The minimum Gasteiger partial charge on any atom is -0.482 e. The highest BCUT2D eigenvalue weighted by Gasteiger charge is 2.23. The zero-order valence-electron chi connectivity index (χ0n) is 16.7. The number of benzene rings is 1. The van der Waals surface area contributed by atoms with Crippen LogP contribution < -0.4 is 10.5 Å². The fourth-order valence-electron chi connectivity index (χ4n) is 3.86. The van der Waals surface area contributed by atoms with Crippen LogP contribution in [0.3, 0.4) is 0 Å². The first-order chi connectivity index (χ1) is 15.0. The van der Waals surface area contributed by atoms with Crippen molar-refractivity contribution in [3.05, 3.63) is 59.9 Å². The summed E-state index contributed by atoms with van der Waals surface area (Å²) in [4.78, 5) is 8.73. The second kappa shape index (κ2) is 7.46. The van der Waals surface area contributed by atoms with Gasteiger partial charge in [-0.3, -0.25) is 0 Å². The Labute approximate surface area is 176 Å². The Balaban J connectivity index is 1.77. The van der Waals surface area contributed by atoms with Gasteiger partial charge < -0.3 is 15.0 Å². The lowest BCUT2D eigenvalue weighted by molar-refractivity contribution is 0.227. The number of rotatable bonds is 2. The van der Waals surface area contributed by atoms with Crippen molar-refractivity contribution in [1.82, 2.24) is 29.5 Å². The predicted molar refractivity (Wildman–Crippen MR) is 109 cm³/mol. The zero-order valence-corrected chi connectivity index (χ0v) is 16.7. The number of halogens is 2. The van der Waals surface area contributed by atoms with Gasteiger partial charge in [-0.25, -0.2) is 23.4 Å². The summed E-state index contributed by atoms with van der Waals surface area (Å²) >= 11 is 0. The smallest absolute Gasteiger partial charge is 0.166 e. The molecular formula is C21H19F2N7O. The monoisotopic (exact) mass is 423 g/mol. The van der Waals surface area contributed by atoms with Crippen LogP contribution in [0.2, 0.25) is 0 Å². The summed E-state index contributed by atoms with van der Waals surface area (Å²) in [5.74, 6) is 0.781. The molecule has 5 rings (SSSR count). The normalized spacial score (nSPS) is 15.1. The van der Waals surface area contributed by atoms with E-state index < -0.39 is 12.8 Å². The number of alkyl halides is 1. The number of aromatic nitrogens is 6. The summed E-state index contributed by atoms with van der Waals surface area (Å²) in [7, 11) is 0. The second-order valence-electron chi connectivity index (χ2n) is 7.27. The number of nitrogens with two attached hydrogens (primary N) is 1. The van der Waals surface area contributed by atoms with E-state index in [0.29, 0.717) is 40.6 Å². The summed E-state index contributed by atoms with van der Waals surface area (Å²) in [6.07, 6.45) is 4.52. The van der Waals surface area contributed by atoms with Crippen LogP contribution in [0.5, 0.6) is 5.75 Å². The number of ether oxygens (including phenoxy) is 1. The molecule has 0 radical (unpaired) electrons. The lowest BCUT2D eigenvalue weighted by Crippen LogP contribution is -2.12. The molecule has 158 valence electrons. The summed E-state index contributed by atoms with van der Waals surface area (Å²) in [6.45, 7) is 1.61. The van der Waals surface area contributed by atoms with Crippen molar-refractivity contribution in [1.29, 1.82) is 0 Å². The molecule has 0 saturated heterocycles. The molecule has 2 N–H and O–H groups in total. The average Bonchev–Trinajstić information content (AvgIpc) is 3.37. The van der Waals surface area contributed by atoms with E-state index in [-0.39, 0.29) is 18.2 Å². The Kier molecular flexibility index (Phi) is 4.61.